The van der Waals surface area contributed by atoms with Gasteiger partial charge in [0.2, 0.25) is 0 Å². The first-order valence-corrected chi connectivity index (χ1v) is 6.92. The second-order valence-electron chi connectivity index (χ2n) is 4.44. The van der Waals surface area contributed by atoms with Gasteiger partial charge in [-0.1, -0.05) is 12.1 Å². The highest BCUT2D eigenvalue weighted by atomic mass is 32.2. The van der Waals surface area contributed by atoms with Crippen LogP contribution in [0.1, 0.15) is 36.3 Å². The summed E-state index contributed by atoms with van der Waals surface area (Å²) in [6.07, 6.45) is 0.766. The largest absolute Gasteiger partial charge is 0.474 e. The molecule has 17 heavy (non-hydrogen) atoms. The first kappa shape index (κ1) is 12.0. The van der Waals surface area contributed by atoms with Gasteiger partial charge in [-0.05, 0) is 12.8 Å². The molecule has 7 nitrogen and oxygen atoms in total. The van der Waals surface area contributed by atoms with Crippen LogP contribution in [0.5, 0.6) is 0 Å². The van der Waals surface area contributed by atoms with Crippen molar-refractivity contribution >= 4 is 15.8 Å². The highest BCUT2D eigenvalue weighted by molar-refractivity contribution is 7.91. The van der Waals surface area contributed by atoms with Gasteiger partial charge in [0.1, 0.15) is 9.84 Å². The van der Waals surface area contributed by atoms with E-state index in [9.17, 15) is 13.2 Å². The normalized spacial score (nSPS) is 22.2. The first-order valence-electron chi connectivity index (χ1n) is 5.10. The Bertz CT molecular complexity index is 533. The van der Waals surface area contributed by atoms with Crippen LogP contribution in [0.4, 0.5) is 0 Å². The predicted octanol–water partition coefficient (Wildman–Crippen LogP) is 0.234. The van der Waals surface area contributed by atoms with Crippen molar-refractivity contribution in [3.8, 4) is 0 Å². The average molecular weight is 260 g/mol. The molecule has 0 spiro atoms. The summed E-state index contributed by atoms with van der Waals surface area (Å²) in [4.78, 5) is 14.4. The van der Waals surface area contributed by atoms with E-state index in [1.54, 1.807) is 0 Å². The van der Waals surface area contributed by atoms with Gasteiger partial charge in [0.05, 0.1) is 11.5 Å². The Morgan fingerprint density at radius 3 is 2.47 bits per heavy atom. The van der Waals surface area contributed by atoms with Crippen LogP contribution < -0.4 is 0 Å². The summed E-state index contributed by atoms with van der Waals surface area (Å²) in [7, 11) is -2.97. The fraction of sp³-hybridized carbons (Fsp3) is 0.667. The molecule has 1 aromatic rings. The van der Waals surface area contributed by atoms with Crippen LogP contribution in [0.2, 0.25) is 0 Å². The molecule has 0 radical (unpaired) electrons. The van der Waals surface area contributed by atoms with Gasteiger partial charge < -0.3 is 9.63 Å². The second kappa shape index (κ2) is 3.80. The van der Waals surface area contributed by atoms with Crippen molar-refractivity contribution in [2.75, 3.05) is 11.5 Å². The van der Waals surface area contributed by atoms with Gasteiger partial charge in [-0.25, -0.2) is 13.2 Å². The average Bonchev–Trinajstić information content (AvgIpc) is 2.73. The maximum absolute atomic E-state index is 11.3. The van der Waals surface area contributed by atoms with Gasteiger partial charge >= 0.3 is 11.9 Å². The zero-order valence-electron chi connectivity index (χ0n) is 9.21. The quantitative estimate of drug-likeness (QED) is 0.810. The van der Waals surface area contributed by atoms with E-state index in [4.69, 9.17) is 5.11 Å². The van der Waals surface area contributed by atoms with Crippen LogP contribution >= 0.6 is 0 Å². The molecule has 0 aromatic carbocycles. The summed E-state index contributed by atoms with van der Waals surface area (Å²) < 4.78 is 27.2. The number of carboxylic acid groups (broad SMARTS) is 1. The van der Waals surface area contributed by atoms with Crippen molar-refractivity contribution in [3.05, 3.63) is 11.7 Å². The molecular weight excluding hydrogens is 248 g/mol. The molecule has 2 heterocycles. The number of rotatable bonds is 2. The number of aromatic nitrogens is 2. The fourth-order valence-electron chi connectivity index (χ4n) is 1.77. The molecule has 8 heteroatoms. The van der Waals surface area contributed by atoms with E-state index in [0.717, 1.165) is 0 Å². The number of hydrogen-bond donors (Lipinski definition) is 1. The Morgan fingerprint density at radius 2 is 2.00 bits per heavy atom. The van der Waals surface area contributed by atoms with E-state index in [1.807, 2.05) is 6.92 Å². The van der Waals surface area contributed by atoms with E-state index >= 15 is 0 Å². The van der Waals surface area contributed by atoms with Gasteiger partial charge in [0.15, 0.2) is 5.82 Å². The van der Waals surface area contributed by atoms with Crippen LogP contribution in [0.3, 0.4) is 0 Å². The van der Waals surface area contributed by atoms with Crippen molar-refractivity contribution in [2.45, 2.75) is 25.2 Å². The number of hydrogen-bond acceptors (Lipinski definition) is 6. The number of sulfone groups is 1. The highest BCUT2D eigenvalue weighted by Gasteiger charge is 2.38. The molecule has 1 saturated heterocycles. The van der Waals surface area contributed by atoms with E-state index in [0.29, 0.717) is 12.8 Å². The molecule has 94 valence electrons. The molecule has 1 aromatic heterocycles. The smallest absolute Gasteiger partial charge is 0.394 e. The second-order valence-corrected chi connectivity index (χ2v) is 6.74. The summed E-state index contributed by atoms with van der Waals surface area (Å²) in [5.41, 5.74) is -0.525. The van der Waals surface area contributed by atoms with Crippen molar-refractivity contribution in [3.63, 3.8) is 0 Å². The summed E-state index contributed by atoms with van der Waals surface area (Å²) in [6.45, 7) is 1.82. The number of nitrogens with zero attached hydrogens (tertiary/aromatic N) is 2. The summed E-state index contributed by atoms with van der Waals surface area (Å²) >= 11 is 0. The third-order valence-corrected chi connectivity index (χ3v) is 4.73. The van der Waals surface area contributed by atoms with Gasteiger partial charge in [-0.3, -0.25) is 0 Å². The molecule has 1 fully saturated rings. The van der Waals surface area contributed by atoms with E-state index < -0.39 is 27.1 Å². The van der Waals surface area contributed by atoms with Crippen LogP contribution in [-0.4, -0.2) is 41.1 Å². The van der Waals surface area contributed by atoms with Crippen LogP contribution in [-0.2, 0) is 15.3 Å². The minimum absolute atomic E-state index is 0.0699. The minimum atomic E-state index is -2.97. The van der Waals surface area contributed by atoms with Crippen LogP contribution in [0.15, 0.2) is 4.52 Å². The van der Waals surface area contributed by atoms with Gasteiger partial charge in [-0.15, -0.1) is 0 Å². The van der Waals surface area contributed by atoms with E-state index in [1.165, 1.54) is 0 Å². The third kappa shape index (κ3) is 2.31. The predicted molar refractivity (Wildman–Crippen MR) is 56.5 cm³/mol. The number of carboxylic acids is 1. The molecule has 0 amide bonds. The lowest BCUT2D eigenvalue weighted by Gasteiger charge is -2.29. The van der Waals surface area contributed by atoms with Crippen LogP contribution in [0.25, 0.3) is 0 Å². The Hall–Kier alpha value is -1.44. The SMILES string of the molecule is CC1(c2noc(C(=O)O)n2)CCS(=O)(=O)CC1. The van der Waals surface area contributed by atoms with Crippen molar-refractivity contribution in [1.29, 1.82) is 0 Å². The third-order valence-electron chi connectivity index (χ3n) is 3.08. The van der Waals surface area contributed by atoms with Crippen molar-refractivity contribution in [2.24, 2.45) is 0 Å². The molecule has 1 aliphatic rings. The Morgan fingerprint density at radius 1 is 1.41 bits per heavy atom. The number of aromatic carboxylic acids is 1. The Kier molecular flexibility index (Phi) is 2.69. The molecule has 0 saturated carbocycles. The summed E-state index contributed by atoms with van der Waals surface area (Å²) in [6, 6.07) is 0. The fourth-order valence-corrected chi connectivity index (χ4v) is 3.49. The molecule has 0 unspecified atom stereocenters. The van der Waals surface area contributed by atoms with E-state index in [2.05, 4.69) is 14.7 Å². The van der Waals surface area contributed by atoms with Crippen molar-refractivity contribution < 1.29 is 22.8 Å². The molecule has 0 aliphatic carbocycles. The molecule has 1 aliphatic heterocycles. The van der Waals surface area contributed by atoms with Crippen LogP contribution in [0, 0.1) is 0 Å². The lowest BCUT2D eigenvalue weighted by molar-refractivity contribution is 0.0643. The molecule has 1 N–H and O–H groups in total. The lowest BCUT2D eigenvalue weighted by Crippen LogP contribution is -2.35. The molecule has 2 rings (SSSR count). The van der Waals surface area contributed by atoms with E-state index in [-0.39, 0.29) is 17.3 Å². The maximum atomic E-state index is 11.3. The maximum Gasteiger partial charge on any atom is 0.394 e. The zero-order chi connectivity index (χ0) is 12.7. The lowest BCUT2D eigenvalue weighted by atomic mass is 9.83. The van der Waals surface area contributed by atoms with Gasteiger partial charge in [0.25, 0.3) is 0 Å². The van der Waals surface area contributed by atoms with Crippen molar-refractivity contribution in [1.82, 2.24) is 10.1 Å². The monoisotopic (exact) mass is 260 g/mol. The Labute approximate surface area is 97.7 Å². The number of carbonyl (C=O) groups is 1. The zero-order valence-corrected chi connectivity index (χ0v) is 10.0. The summed E-state index contributed by atoms with van der Waals surface area (Å²) in [5.74, 6) is -1.34. The summed E-state index contributed by atoms with van der Waals surface area (Å²) in [5, 5.41) is 12.3. The first-order chi connectivity index (χ1) is 7.82. The topological polar surface area (TPSA) is 110 Å². The molecular formula is C9H12N2O5S. The highest BCUT2D eigenvalue weighted by Crippen LogP contribution is 2.34. The van der Waals surface area contributed by atoms with Gasteiger partial charge in [-0.2, -0.15) is 4.98 Å². The molecule has 0 atom stereocenters. The molecule has 0 bridgehead atoms. The Balaban J connectivity index is 2.24. The minimum Gasteiger partial charge on any atom is -0.474 e. The standard InChI is InChI=1S/C9H12N2O5S/c1-9(2-4-17(14,15)5-3-9)8-10-6(7(12)13)16-11-8/h2-5H2,1H3,(H,12,13). The van der Waals surface area contributed by atoms with Gasteiger partial charge in [0, 0.05) is 5.41 Å².